The first-order valence-corrected chi connectivity index (χ1v) is 10.4. The van der Waals surface area contributed by atoms with Gasteiger partial charge in [-0.25, -0.2) is 4.68 Å². The molecule has 2 N–H and O–H groups in total. The average molecular weight is 430 g/mol. The van der Waals surface area contributed by atoms with Crippen molar-refractivity contribution >= 4 is 35.0 Å². The summed E-state index contributed by atoms with van der Waals surface area (Å²) in [7, 11) is 1.57. The van der Waals surface area contributed by atoms with Crippen LogP contribution in [0.5, 0.6) is 5.75 Å². The highest BCUT2D eigenvalue weighted by atomic mass is 35.5. The first-order valence-electron chi connectivity index (χ1n) is 9.17. The van der Waals surface area contributed by atoms with E-state index < -0.39 is 5.25 Å². The molecule has 150 valence electrons. The van der Waals surface area contributed by atoms with Crippen LogP contribution in [0, 0.1) is 0 Å². The van der Waals surface area contributed by atoms with Gasteiger partial charge in [0.15, 0.2) is 5.82 Å². The molecule has 29 heavy (non-hydrogen) atoms. The van der Waals surface area contributed by atoms with Gasteiger partial charge in [0, 0.05) is 12.1 Å². The van der Waals surface area contributed by atoms with Crippen LogP contribution in [-0.2, 0) is 11.2 Å². The summed E-state index contributed by atoms with van der Waals surface area (Å²) < 4.78 is 7.11. The zero-order valence-corrected chi connectivity index (χ0v) is 17.5. The van der Waals surface area contributed by atoms with Gasteiger partial charge in [0.25, 0.3) is 0 Å². The minimum atomic E-state index is -0.471. The standard InChI is InChI=1S/C20H20ClN5O2S/c1-3-16-23-24-20-26(16)25-17(12-9-10-15(28-2)14(21)11-12)18(29-20)19(27)22-13-7-5-4-6-8-13/h4-11,17-18,25H,3H2,1-2H3,(H,22,27). The van der Waals surface area contributed by atoms with Crippen LogP contribution in [0.4, 0.5) is 5.69 Å². The quantitative estimate of drug-likeness (QED) is 0.640. The van der Waals surface area contributed by atoms with E-state index >= 15 is 0 Å². The number of halogens is 1. The van der Waals surface area contributed by atoms with Crippen LogP contribution < -0.4 is 15.5 Å². The Morgan fingerprint density at radius 2 is 2.07 bits per heavy atom. The lowest BCUT2D eigenvalue weighted by atomic mass is 10.0. The van der Waals surface area contributed by atoms with Crippen LogP contribution in [-0.4, -0.2) is 33.1 Å². The number of hydrogen-bond acceptors (Lipinski definition) is 6. The molecule has 3 aromatic rings. The Morgan fingerprint density at radius 3 is 2.76 bits per heavy atom. The van der Waals surface area contributed by atoms with Gasteiger partial charge in [0.2, 0.25) is 11.1 Å². The molecule has 0 saturated carbocycles. The van der Waals surface area contributed by atoms with Gasteiger partial charge in [-0.05, 0) is 29.8 Å². The Bertz CT molecular complexity index is 1030. The fourth-order valence-corrected chi connectivity index (χ4v) is 4.55. The summed E-state index contributed by atoms with van der Waals surface area (Å²) in [5, 5.41) is 12.1. The first kappa shape index (κ1) is 19.6. The third-order valence-electron chi connectivity index (χ3n) is 4.65. The lowest BCUT2D eigenvalue weighted by Gasteiger charge is -2.33. The van der Waals surface area contributed by atoms with E-state index in [2.05, 4.69) is 20.9 Å². The van der Waals surface area contributed by atoms with E-state index in [0.29, 0.717) is 15.9 Å². The minimum absolute atomic E-state index is 0.127. The Kier molecular flexibility index (Phi) is 5.64. The molecule has 0 saturated heterocycles. The molecule has 2 heterocycles. The average Bonchev–Trinajstić information content (AvgIpc) is 3.15. The molecule has 1 aromatic heterocycles. The highest BCUT2D eigenvalue weighted by molar-refractivity contribution is 8.00. The van der Waals surface area contributed by atoms with Gasteiger partial charge in [-0.1, -0.05) is 54.6 Å². The van der Waals surface area contributed by atoms with Gasteiger partial charge in [0.05, 0.1) is 18.2 Å². The van der Waals surface area contributed by atoms with Gasteiger partial charge in [-0.15, -0.1) is 10.2 Å². The topological polar surface area (TPSA) is 81.1 Å². The van der Waals surface area contributed by atoms with E-state index in [4.69, 9.17) is 16.3 Å². The number of methoxy groups -OCH3 is 1. The zero-order valence-electron chi connectivity index (χ0n) is 15.9. The van der Waals surface area contributed by atoms with Crippen molar-refractivity contribution < 1.29 is 9.53 Å². The van der Waals surface area contributed by atoms with Gasteiger partial charge >= 0.3 is 0 Å². The third kappa shape index (κ3) is 3.90. The minimum Gasteiger partial charge on any atom is -0.495 e. The van der Waals surface area contributed by atoms with Gasteiger partial charge in [-0.3, -0.25) is 4.79 Å². The number of carbonyl (C=O) groups is 1. The first-order chi connectivity index (χ1) is 14.1. The number of benzene rings is 2. The van der Waals surface area contributed by atoms with Crippen molar-refractivity contribution in [3.63, 3.8) is 0 Å². The van der Waals surface area contributed by atoms with E-state index in [1.165, 1.54) is 11.8 Å². The maximum absolute atomic E-state index is 13.2. The number of hydrogen-bond donors (Lipinski definition) is 2. The van der Waals surface area contributed by atoms with Crippen molar-refractivity contribution in [2.24, 2.45) is 0 Å². The second kappa shape index (κ2) is 8.34. The molecule has 0 radical (unpaired) electrons. The van der Waals surface area contributed by atoms with Crippen LogP contribution in [0.1, 0.15) is 24.4 Å². The van der Waals surface area contributed by atoms with E-state index in [-0.39, 0.29) is 11.9 Å². The maximum Gasteiger partial charge on any atom is 0.240 e. The van der Waals surface area contributed by atoms with E-state index in [1.807, 2.05) is 54.1 Å². The van der Waals surface area contributed by atoms with Crippen molar-refractivity contribution in [1.82, 2.24) is 14.9 Å². The molecular formula is C20H20ClN5O2S. The van der Waals surface area contributed by atoms with E-state index in [1.54, 1.807) is 13.2 Å². The number of nitrogens with zero attached hydrogens (tertiary/aromatic N) is 3. The Balaban J connectivity index is 1.69. The number of carbonyl (C=O) groups excluding carboxylic acids is 1. The predicted molar refractivity (Wildman–Crippen MR) is 114 cm³/mol. The van der Waals surface area contributed by atoms with Crippen molar-refractivity contribution in [1.29, 1.82) is 0 Å². The Morgan fingerprint density at radius 1 is 1.28 bits per heavy atom. The summed E-state index contributed by atoms with van der Waals surface area (Å²) >= 11 is 7.73. The van der Waals surface area contributed by atoms with Gasteiger partial charge in [0.1, 0.15) is 11.0 Å². The number of para-hydroxylation sites is 1. The second-order valence-electron chi connectivity index (χ2n) is 6.48. The largest absolute Gasteiger partial charge is 0.495 e. The van der Waals surface area contributed by atoms with Crippen molar-refractivity contribution in [3.8, 4) is 5.75 Å². The van der Waals surface area contributed by atoms with Gasteiger partial charge in [-0.2, -0.15) is 0 Å². The SMILES string of the molecule is CCc1nnc2n1NC(c1ccc(OC)c(Cl)c1)C(C(=O)Nc1ccccc1)S2. The molecule has 0 aliphatic carbocycles. The number of aryl methyl sites for hydroxylation is 1. The summed E-state index contributed by atoms with van der Waals surface area (Å²) in [6.45, 7) is 2.01. The lowest BCUT2D eigenvalue weighted by Crippen LogP contribution is -2.41. The molecule has 0 bridgehead atoms. The van der Waals surface area contributed by atoms with E-state index in [9.17, 15) is 4.79 Å². The van der Waals surface area contributed by atoms with E-state index in [0.717, 1.165) is 23.5 Å². The Hall–Kier alpha value is -2.71. The highest BCUT2D eigenvalue weighted by Gasteiger charge is 2.38. The monoisotopic (exact) mass is 429 g/mol. The van der Waals surface area contributed by atoms with Crippen LogP contribution in [0.2, 0.25) is 5.02 Å². The maximum atomic E-state index is 13.2. The van der Waals surface area contributed by atoms with Crippen molar-refractivity contribution in [3.05, 3.63) is 64.9 Å². The molecule has 2 atom stereocenters. The van der Waals surface area contributed by atoms with Crippen LogP contribution >= 0.6 is 23.4 Å². The molecule has 2 aromatic carbocycles. The highest BCUT2D eigenvalue weighted by Crippen LogP contribution is 2.39. The summed E-state index contributed by atoms with van der Waals surface area (Å²) in [4.78, 5) is 13.2. The third-order valence-corrected chi connectivity index (χ3v) is 6.17. The fraction of sp³-hybridized carbons (Fsp3) is 0.250. The molecule has 0 spiro atoms. The number of amides is 1. The molecule has 1 aliphatic rings. The molecule has 0 fully saturated rings. The van der Waals surface area contributed by atoms with Crippen molar-refractivity contribution in [2.75, 3.05) is 17.9 Å². The lowest BCUT2D eigenvalue weighted by molar-refractivity contribution is -0.116. The molecule has 1 amide bonds. The molecular weight excluding hydrogens is 410 g/mol. The smallest absolute Gasteiger partial charge is 0.240 e. The fourth-order valence-electron chi connectivity index (χ4n) is 3.19. The number of anilines is 1. The molecule has 7 nitrogen and oxygen atoms in total. The number of nitrogens with one attached hydrogen (secondary N) is 2. The summed E-state index contributed by atoms with van der Waals surface area (Å²) in [5.74, 6) is 1.26. The van der Waals surface area contributed by atoms with Crippen LogP contribution in [0.25, 0.3) is 0 Å². The van der Waals surface area contributed by atoms with Gasteiger partial charge < -0.3 is 15.5 Å². The second-order valence-corrected chi connectivity index (χ2v) is 8.00. The zero-order chi connectivity index (χ0) is 20.4. The number of rotatable bonds is 5. The number of fused-ring (bicyclic) bond motifs is 1. The summed E-state index contributed by atoms with van der Waals surface area (Å²) in [6, 6.07) is 14.6. The molecule has 2 unspecified atom stereocenters. The summed E-state index contributed by atoms with van der Waals surface area (Å²) in [5.41, 5.74) is 5.02. The molecule has 4 rings (SSSR count). The van der Waals surface area contributed by atoms with Crippen LogP contribution in [0.3, 0.4) is 0 Å². The predicted octanol–water partition coefficient (Wildman–Crippen LogP) is 3.90. The number of thioether (sulfide) groups is 1. The normalized spacial score (nSPS) is 17.9. The number of aromatic nitrogens is 3. The summed E-state index contributed by atoms with van der Waals surface area (Å²) in [6.07, 6.45) is 0.720. The number of ether oxygens (including phenoxy) is 1. The van der Waals surface area contributed by atoms with Crippen LogP contribution in [0.15, 0.2) is 53.7 Å². The molecule has 9 heteroatoms. The molecule has 1 aliphatic heterocycles. The Labute approximate surface area is 177 Å². The van der Waals surface area contributed by atoms with Crippen molar-refractivity contribution in [2.45, 2.75) is 29.8 Å².